The van der Waals surface area contributed by atoms with Crippen molar-refractivity contribution >= 4 is 0 Å². The maximum Gasteiger partial charge on any atom is 0.386 e. The molecule has 0 radical (unpaired) electrons. The van der Waals surface area contributed by atoms with Gasteiger partial charge in [-0.2, -0.15) is 14.0 Å². The van der Waals surface area contributed by atoms with Crippen LogP contribution in [0.25, 0.3) is 0 Å². The molecule has 1 aliphatic rings. The Morgan fingerprint density at radius 2 is 1.66 bits per heavy atom. The molecule has 2 aromatic carbocycles. The van der Waals surface area contributed by atoms with E-state index in [2.05, 4.69) is 11.7 Å². The van der Waals surface area contributed by atoms with E-state index in [4.69, 9.17) is 5.26 Å². The topological polar surface area (TPSA) is 33.0 Å². The molecule has 0 aliphatic heterocycles. The summed E-state index contributed by atoms with van der Waals surface area (Å²) in [5.74, 6) is -2.31. The lowest BCUT2D eigenvalue weighted by molar-refractivity contribution is -0.249. The van der Waals surface area contributed by atoms with Gasteiger partial charge in [0, 0.05) is 0 Å². The first-order valence-corrected chi connectivity index (χ1v) is 10.9. The molecule has 3 rings (SSSR count). The fraction of sp³-hybridized carbons (Fsp3) is 0.480. The lowest BCUT2D eigenvalue weighted by Gasteiger charge is -2.29. The standard InChI is InChI=1S/C25H26F5NO/c1-2-3-16-4-6-18(7-5-16)19-8-9-21(24(28)14-19)25(29,30)32-11-10-17-12-22(26)20(15-31)23(27)13-17/h8-9,12-14,16,18H,2-7,10-11H2,1H3/t16-,18-. The highest BCUT2D eigenvalue weighted by molar-refractivity contribution is 5.35. The molecule has 2 nitrogen and oxygen atoms in total. The Kier molecular flexibility index (Phi) is 7.89. The molecule has 0 bridgehead atoms. The van der Waals surface area contributed by atoms with Crippen LogP contribution >= 0.6 is 0 Å². The minimum Gasteiger partial charge on any atom is -0.316 e. The van der Waals surface area contributed by atoms with E-state index in [0.29, 0.717) is 5.92 Å². The molecule has 1 fully saturated rings. The van der Waals surface area contributed by atoms with Crippen LogP contribution in [0.2, 0.25) is 0 Å². The van der Waals surface area contributed by atoms with Crippen LogP contribution in [-0.4, -0.2) is 6.61 Å². The Balaban J connectivity index is 1.61. The molecule has 0 N–H and O–H groups in total. The third kappa shape index (κ3) is 5.66. The van der Waals surface area contributed by atoms with Crippen molar-refractivity contribution in [2.75, 3.05) is 6.61 Å². The van der Waals surface area contributed by atoms with Gasteiger partial charge in [-0.05, 0) is 79.3 Å². The Bertz CT molecular complexity index is 954. The number of rotatable bonds is 8. The lowest BCUT2D eigenvalue weighted by atomic mass is 9.77. The summed E-state index contributed by atoms with van der Waals surface area (Å²) in [4.78, 5) is 0. The molecule has 0 saturated heterocycles. The number of nitrogens with zero attached hydrogens (tertiary/aromatic N) is 1. The number of nitriles is 1. The zero-order valence-electron chi connectivity index (χ0n) is 17.9. The first-order valence-electron chi connectivity index (χ1n) is 10.9. The normalized spacial score (nSPS) is 19.0. The summed E-state index contributed by atoms with van der Waals surface area (Å²) in [7, 11) is 0. The molecule has 32 heavy (non-hydrogen) atoms. The zero-order valence-corrected chi connectivity index (χ0v) is 17.9. The summed E-state index contributed by atoms with van der Waals surface area (Å²) in [6.45, 7) is 1.57. The number of hydrogen-bond donors (Lipinski definition) is 0. The molecule has 7 heteroatoms. The number of ether oxygens (including phenoxy) is 1. The van der Waals surface area contributed by atoms with Crippen molar-refractivity contribution in [1.29, 1.82) is 5.26 Å². The minimum atomic E-state index is -3.88. The van der Waals surface area contributed by atoms with E-state index in [0.717, 1.165) is 55.9 Å². The number of halogens is 5. The van der Waals surface area contributed by atoms with E-state index in [-0.39, 0.29) is 17.9 Å². The van der Waals surface area contributed by atoms with E-state index < -0.39 is 41.3 Å². The number of hydrogen-bond acceptors (Lipinski definition) is 2. The molecular formula is C25H26F5NO. The maximum absolute atomic E-state index is 14.5. The average Bonchev–Trinajstić information content (AvgIpc) is 2.74. The molecular weight excluding hydrogens is 425 g/mol. The quantitative estimate of drug-likeness (QED) is 0.393. The van der Waals surface area contributed by atoms with Crippen molar-refractivity contribution in [3.8, 4) is 6.07 Å². The van der Waals surface area contributed by atoms with Crippen molar-refractivity contribution in [2.45, 2.75) is 63.9 Å². The summed E-state index contributed by atoms with van der Waals surface area (Å²) in [6.07, 6.45) is 2.20. The third-order valence-corrected chi connectivity index (χ3v) is 6.21. The van der Waals surface area contributed by atoms with Crippen LogP contribution < -0.4 is 0 Å². The predicted molar refractivity (Wildman–Crippen MR) is 111 cm³/mol. The minimum absolute atomic E-state index is 0.0595. The van der Waals surface area contributed by atoms with E-state index in [9.17, 15) is 22.0 Å². The maximum atomic E-state index is 14.5. The average molecular weight is 451 g/mol. The Morgan fingerprint density at radius 3 is 2.22 bits per heavy atom. The SMILES string of the molecule is CCC[C@H]1CC[C@H](c2ccc(C(F)(F)OCCc3cc(F)c(C#N)c(F)c3)c(F)c2)CC1. The lowest BCUT2D eigenvalue weighted by Crippen LogP contribution is -2.22. The molecule has 0 unspecified atom stereocenters. The Morgan fingerprint density at radius 1 is 1.00 bits per heavy atom. The van der Waals surface area contributed by atoms with Gasteiger partial charge in [-0.25, -0.2) is 13.2 Å². The van der Waals surface area contributed by atoms with E-state index in [1.807, 2.05) is 0 Å². The molecule has 0 amide bonds. The highest BCUT2D eigenvalue weighted by Gasteiger charge is 2.36. The highest BCUT2D eigenvalue weighted by Crippen LogP contribution is 2.39. The summed E-state index contributed by atoms with van der Waals surface area (Å²) in [5, 5.41) is 8.67. The van der Waals surface area contributed by atoms with Gasteiger partial charge in [0.15, 0.2) is 0 Å². The molecule has 0 spiro atoms. The second-order valence-electron chi connectivity index (χ2n) is 8.41. The van der Waals surface area contributed by atoms with E-state index in [1.165, 1.54) is 24.6 Å². The summed E-state index contributed by atoms with van der Waals surface area (Å²) >= 11 is 0. The molecule has 1 aliphatic carbocycles. The van der Waals surface area contributed by atoms with Gasteiger partial charge in [-0.3, -0.25) is 0 Å². The van der Waals surface area contributed by atoms with E-state index >= 15 is 0 Å². The van der Waals surface area contributed by atoms with Gasteiger partial charge in [0.1, 0.15) is 29.1 Å². The fourth-order valence-electron chi connectivity index (χ4n) is 4.47. The smallest absolute Gasteiger partial charge is 0.316 e. The number of alkyl halides is 2. The van der Waals surface area contributed by atoms with Gasteiger partial charge >= 0.3 is 6.11 Å². The first-order chi connectivity index (χ1) is 15.2. The Labute approximate surface area is 185 Å². The fourth-order valence-corrected chi connectivity index (χ4v) is 4.47. The van der Waals surface area contributed by atoms with Crippen molar-refractivity contribution in [2.24, 2.45) is 5.92 Å². The van der Waals surface area contributed by atoms with Crippen molar-refractivity contribution in [1.82, 2.24) is 0 Å². The second kappa shape index (κ2) is 10.4. The first kappa shape index (κ1) is 24.2. The summed E-state index contributed by atoms with van der Waals surface area (Å²) < 4.78 is 75.3. The van der Waals surface area contributed by atoms with Crippen molar-refractivity contribution in [3.05, 3.63) is 70.0 Å². The van der Waals surface area contributed by atoms with Gasteiger partial charge < -0.3 is 4.74 Å². The summed E-state index contributed by atoms with van der Waals surface area (Å²) in [5.41, 5.74) is -0.816. The van der Waals surface area contributed by atoms with Crippen molar-refractivity contribution < 1.29 is 26.7 Å². The molecule has 172 valence electrons. The van der Waals surface area contributed by atoms with Crippen LogP contribution in [0.5, 0.6) is 0 Å². The van der Waals surface area contributed by atoms with Gasteiger partial charge in [0.25, 0.3) is 0 Å². The third-order valence-electron chi connectivity index (χ3n) is 6.21. The largest absolute Gasteiger partial charge is 0.386 e. The molecule has 0 aromatic heterocycles. The van der Waals surface area contributed by atoms with Crippen LogP contribution in [0.15, 0.2) is 30.3 Å². The monoisotopic (exact) mass is 451 g/mol. The van der Waals surface area contributed by atoms with Gasteiger partial charge in [0.05, 0.1) is 12.2 Å². The van der Waals surface area contributed by atoms with Crippen LogP contribution in [0.3, 0.4) is 0 Å². The molecule has 1 saturated carbocycles. The van der Waals surface area contributed by atoms with Crippen LogP contribution in [-0.2, 0) is 17.3 Å². The van der Waals surface area contributed by atoms with Crippen molar-refractivity contribution in [3.63, 3.8) is 0 Å². The Hall–Kier alpha value is -2.46. The van der Waals surface area contributed by atoms with Gasteiger partial charge in [0.2, 0.25) is 0 Å². The molecule has 2 aromatic rings. The zero-order chi connectivity index (χ0) is 23.3. The molecule has 0 atom stereocenters. The molecule has 0 heterocycles. The second-order valence-corrected chi connectivity index (χ2v) is 8.41. The van der Waals surface area contributed by atoms with Crippen LogP contribution in [0.1, 0.15) is 73.6 Å². The predicted octanol–water partition coefficient (Wildman–Crippen LogP) is 7.36. The van der Waals surface area contributed by atoms with Crippen LogP contribution in [0.4, 0.5) is 22.0 Å². The number of benzene rings is 2. The summed E-state index contributed by atoms with van der Waals surface area (Å²) in [6, 6.07) is 6.95. The van der Waals surface area contributed by atoms with Gasteiger partial charge in [-0.15, -0.1) is 0 Å². The van der Waals surface area contributed by atoms with Crippen LogP contribution in [0, 0.1) is 34.7 Å². The van der Waals surface area contributed by atoms with Gasteiger partial charge in [-0.1, -0.05) is 25.8 Å². The highest BCUT2D eigenvalue weighted by atomic mass is 19.3. The van der Waals surface area contributed by atoms with E-state index in [1.54, 1.807) is 0 Å².